The van der Waals surface area contributed by atoms with Crippen LogP contribution in [0.25, 0.3) is 0 Å². The monoisotopic (exact) mass is 342 g/mol. The maximum absolute atomic E-state index is 13.8. The van der Waals surface area contributed by atoms with Crippen LogP contribution in [0.1, 0.15) is 23.5 Å². The summed E-state index contributed by atoms with van der Waals surface area (Å²) in [5, 5.41) is 3.46. The fourth-order valence-electron chi connectivity index (χ4n) is 3.74. The fourth-order valence-corrected chi connectivity index (χ4v) is 3.74. The Morgan fingerprint density at radius 3 is 2.64 bits per heavy atom. The highest BCUT2D eigenvalue weighted by Gasteiger charge is 2.28. The van der Waals surface area contributed by atoms with Gasteiger partial charge >= 0.3 is 0 Å². The highest BCUT2D eigenvalue weighted by atomic mass is 19.1. The largest absolute Gasteiger partial charge is 0.497 e. The van der Waals surface area contributed by atoms with E-state index in [1.54, 1.807) is 13.2 Å². The van der Waals surface area contributed by atoms with Crippen LogP contribution in [0.5, 0.6) is 5.75 Å². The van der Waals surface area contributed by atoms with Crippen molar-refractivity contribution in [3.05, 3.63) is 65.5 Å². The van der Waals surface area contributed by atoms with Crippen LogP contribution in [0.4, 0.5) is 4.39 Å². The van der Waals surface area contributed by atoms with Crippen molar-refractivity contribution in [2.45, 2.75) is 18.9 Å². The molecule has 0 saturated carbocycles. The van der Waals surface area contributed by atoms with Crippen LogP contribution < -0.4 is 10.1 Å². The van der Waals surface area contributed by atoms with Crippen molar-refractivity contribution in [3.63, 3.8) is 0 Å². The molecular weight excluding hydrogens is 315 g/mol. The van der Waals surface area contributed by atoms with E-state index in [0.29, 0.717) is 18.4 Å². The second-order valence-electron chi connectivity index (χ2n) is 6.91. The number of nitrogens with one attached hydrogen (secondary N) is 1. The smallest absolute Gasteiger partial charge is 0.127 e. The van der Waals surface area contributed by atoms with Crippen molar-refractivity contribution < 1.29 is 9.13 Å². The lowest BCUT2D eigenvalue weighted by molar-refractivity contribution is 0.180. The lowest BCUT2D eigenvalue weighted by Crippen LogP contribution is -2.41. The Bertz CT molecular complexity index is 674. The zero-order valence-corrected chi connectivity index (χ0v) is 15.0. The van der Waals surface area contributed by atoms with Gasteiger partial charge < -0.3 is 15.0 Å². The first-order valence-corrected chi connectivity index (χ1v) is 8.94. The number of benzene rings is 2. The molecule has 1 aliphatic rings. The Morgan fingerprint density at radius 2 is 1.92 bits per heavy atom. The maximum Gasteiger partial charge on any atom is 0.127 e. The van der Waals surface area contributed by atoms with Gasteiger partial charge in [0.05, 0.1) is 7.11 Å². The highest BCUT2D eigenvalue weighted by Crippen LogP contribution is 2.33. The zero-order valence-electron chi connectivity index (χ0n) is 15.0. The number of rotatable bonds is 6. The zero-order chi connectivity index (χ0) is 17.6. The predicted octanol–water partition coefficient (Wildman–Crippen LogP) is 3.66. The Balaban J connectivity index is 1.64. The van der Waals surface area contributed by atoms with E-state index in [-0.39, 0.29) is 5.82 Å². The number of nitrogens with zero attached hydrogens (tertiary/aromatic N) is 1. The number of ether oxygens (including phenoxy) is 1. The lowest BCUT2D eigenvalue weighted by atomic mass is 9.80. The van der Waals surface area contributed by atoms with Gasteiger partial charge in [0.2, 0.25) is 0 Å². The summed E-state index contributed by atoms with van der Waals surface area (Å²) in [5.74, 6) is 1.79. The van der Waals surface area contributed by atoms with E-state index in [4.69, 9.17) is 4.74 Å². The second kappa shape index (κ2) is 8.45. The van der Waals surface area contributed by atoms with Crippen LogP contribution in [0.3, 0.4) is 0 Å². The molecule has 3 nitrogen and oxygen atoms in total. The Morgan fingerprint density at radius 1 is 1.16 bits per heavy atom. The Labute approximate surface area is 149 Å². The number of methoxy groups -OCH3 is 1. The van der Waals surface area contributed by atoms with Crippen LogP contribution in [0.2, 0.25) is 0 Å². The molecule has 0 aromatic heterocycles. The minimum Gasteiger partial charge on any atom is -0.497 e. The number of hydrogen-bond donors (Lipinski definition) is 1. The first-order valence-electron chi connectivity index (χ1n) is 8.94. The number of hydrogen-bond acceptors (Lipinski definition) is 3. The molecular formula is C21H27FN2O. The molecule has 0 spiro atoms. The molecule has 0 radical (unpaired) electrons. The standard InChI is InChI=1S/C21H27FN2O/c1-24-12-11-20(16-7-9-19(25-2)10-8-16)18(15-24)14-23-13-17-5-3-4-6-21(17)22/h3-10,18,20,23H,11-15H2,1-2H3. The van der Waals surface area contributed by atoms with Crippen molar-refractivity contribution in [1.29, 1.82) is 0 Å². The molecule has 1 fully saturated rings. The molecule has 2 atom stereocenters. The van der Waals surface area contributed by atoms with Crippen LogP contribution in [-0.4, -0.2) is 38.7 Å². The molecule has 1 N–H and O–H groups in total. The van der Waals surface area contributed by atoms with Gasteiger partial charge in [0.15, 0.2) is 0 Å². The highest BCUT2D eigenvalue weighted by molar-refractivity contribution is 5.30. The molecule has 2 aromatic carbocycles. The molecule has 1 aliphatic heterocycles. The van der Waals surface area contributed by atoms with Crippen molar-refractivity contribution in [2.24, 2.45) is 5.92 Å². The van der Waals surface area contributed by atoms with Crippen LogP contribution in [0, 0.1) is 11.7 Å². The maximum atomic E-state index is 13.8. The summed E-state index contributed by atoms with van der Waals surface area (Å²) in [4.78, 5) is 2.38. The summed E-state index contributed by atoms with van der Waals surface area (Å²) in [5.41, 5.74) is 2.10. The van der Waals surface area contributed by atoms with Gasteiger partial charge in [-0.15, -0.1) is 0 Å². The van der Waals surface area contributed by atoms with Crippen LogP contribution in [-0.2, 0) is 6.54 Å². The summed E-state index contributed by atoms with van der Waals surface area (Å²) in [6.07, 6.45) is 1.15. The fraction of sp³-hybridized carbons (Fsp3) is 0.429. The van der Waals surface area contributed by atoms with Gasteiger partial charge in [-0.3, -0.25) is 0 Å². The number of halogens is 1. The van der Waals surface area contributed by atoms with E-state index in [0.717, 1.165) is 37.4 Å². The molecule has 134 valence electrons. The van der Waals surface area contributed by atoms with Gasteiger partial charge in [0, 0.05) is 25.2 Å². The minimum atomic E-state index is -0.137. The van der Waals surface area contributed by atoms with Crippen molar-refractivity contribution in [2.75, 3.05) is 33.8 Å². The average Bonchev–Trinajstić information content (AvgIpc) is 2.64. The summed E-state index contributed by atoms with van der Waals surface area (Å²) < 4.78 is 19.0. The topological polar surface area (TPSA) is 24.5 Å². The molecule has 1 saturated heterocycles. The quantitative estimate of drug-likeness (QED) is 0.867. The van der Waals surface area contributed by atoms with Gasteiger partial charge in [-0.2, -0.15) is 0 Å². The molecule has 3 rings (SSSR count). The minimum absolute atomic E-state index is 0.137. The lowest BCUT2D eigenvalue weighted by Gasteiger charge is -2.37. The van der Waals surface area contributed by atoms with E-state index >= 15 is 0 Å². The van der Waals surface area contributed by atoms with Crippen molar-refractivity contribution >= 4 is 0 Å². The molecule has 4 heteroatoms. The molecule has 2 aromatic rings. The molecule has 25 heavy (non-hydrogen) atoms. The van der Waals surface area contributed by atoms with Crippen molar-refractivity contribution in [3.8, 4) is 5.75 Å². The molecule has 0 bridgehead atoms. The number of likely N-dealkylation sites (tertiary alicyclic amines) is 1. The third kappa shape index (κ3) is 4.59. The average molecular weight is 342 g/mol. The Hall–Kier alpha value is -1.91. The van der Waals surface area contributed by atoms with Crippen LogP contribution >= 0.6 is 0 Å². The molecule has 2 unspecified atom stereocenters. The third-order valence-electron chi connectivity index (χ3n) is 5.16. The molecule has 0 aliphatic carbocycles. The van der Waals surface area contributed by atoms with E-state index in [1.807, 2.05) is 24.3 Å². The van der Waals surface area contributed by atoms with Crippen LogP contribution in [0.15, 0.2) is 48.5 Å². The molecule has 0 amide bonds. The summed E-state index contributed by atoms with van der Waals surface area (Å²) in [6, 6.07) is 15.4. The first-order chi connectivity index (χ1) is 12.2. The number of piperidine rings is 1. The second-order valence-corrected chi connectivity index (χ2v) is 6.91. The summed E-state index contributed by atoms with van der Waals surface area (Å²) >= 11 is 0. The molecule has 1 heterocycles. The normalized spacial score (nSPS) is 21.2. The van der Waals surface area contributed by atoms with Gasteiger partial charge in [-0.1, -0.05) is 30.3 Å². The van der Waals surface area contributed by atoms with Gasteiger partial charge in [-0.05, 0) is 55.6 Å². The van der Waals surface area contributed by atoms with Gasteiger partial charge in [0.1, 0.15) is 11.6 Å². The van der Waals surface area contributed by atoms with Gasteiger partial charge in [0.25, 0.3) is 0 Å². The van der Waals surface area contributed by atoms with E-state index < -0.39 is 0 Å². The predicted molar refractivity (Wildman–Crippen MR) is 99.4 cm³/mol. The van der Waals surface area contributed by atoms with E-state index in [2.05, 4.69) is 29.4 Å². The Kier molecular flexibility index (Phi) is 6.05. The van der Waals surface area contributed by atoms with Gasteiger partial charge in [-0.25, -0.2) is 4.39 Å². The summed E-state index contributed by atoms with van der Waals surface area (Å²) in [6.45, 7) is 3.62. The van der Waals surface area contributed by atoms with E-state index in [1.165, 1.54) is 11.6 Å². The SMILES string of the molecule is COc1ccc(C2CCN(C)CC2CNCc2ccccc2F)cc1. The third-order valence-corrected chi connectivity index (χ3v) is 5.16. The first kappa shape index (κ1) is 17.9. The van der Waals surface area contributed by atoms with Crippen molar-refractivity contribution in [1.82, 2.24) is 10.2 Å². The van der Waals surface area contributed by atoms with E-state index in [9.17, 15) is 4.39 Å². The summed E-state index contributed by atoms with van der Waals surface area (Å²) in [7, 11) is 3.87.